The molecule has 1 unspecified atom stereocenters. The molecule has 0 bridgehead atoms. The predicted molar refractivity (Wildman–Crippen MR) is 121 cm³/mol. The van der Waals surface area contributed by atoms with Crippen LogP contribution in [0, 0.1) is 4.77 Å². The molecule has 0 spiro atoms. The summed E-state index contributed by atoms with van der Waals surface area (Å²) < 4.78 is 1.73. The topological polar surface area (TPSA) is 66.9 Å². The number of thioether (sulfide) groups is 1. The zero-order valence-electron chi connectivity index (χ0n) is 15.4. The van der Waals surface area contributed by atoms with Crippen LogP contribution in [0.3, 0.4) is 0 Å². The number of amides is 1. The highest BCUT2D eigenvalue weighted by atomic mass is 35.5. The van der Waals surface area contributed by atoms with Crippen LogP contribution in [0.5, 0.6) is 0 Å². The number of H-pyrrole nitrogens is 1. The highest BCUT2D eigenvalue weighted by Gasteiger charge is 2.23. The Balaban J connectivity index is 1.66. The SMILES string of the molecule is C=CCn1c(=S)[nH]c2cc(C(=O)NC3CCSc4ccc(Cl)cc43)ccc2c1=O. The maximum absolute atomic E-state index is 12.9. The van der Waals surface area contributed by atoms with E-state index in [1.54, 1.807) is 36.0 Å². The van der Waals surface area contributed by atoms with E-state index in [4.69, 9.17) is 23.8 Å². The van der Waals surface area contributed by atoms with Gasteiger partial charge in [0.1, 0.15) is 0 Å². The first-order chi connectivity index (χ1) is 14.0. The van der Waals surface area contributed by atoms with Crippen molar-refractivity contribution in [2.75, 3.05) is 5.75 Å². The van der Waals surface area contributed by atoms with Crippen LogP contribution in [-0.4, -0.2) is 21.2 Å². The van der Waals surface area contributed by atoms with Crippen LogP contribution in [0.4, 0.5) is 0 Å². The Bertz CT molecular complexity index is 1250. The largest absolute Gasteiger partial charge is 0.345 e. The minimum absolute atomic E-state index is 0.104. The average Bonchev–Trinajstić information content (AvgIpc) is 2.71. The molecule has 8 heteroatoms. The van der Waals surface area contributed by atoms with Crippen molar-refractivity contribution in [3.63, 3.8) is 0 Å². The fourth-order valence-electron chi connectivity index (χ4n) is 3.45. The summed E-state index contributed by atoms with van der Waals surface area (Å²) in [7, 11) is 0. The molecule has 2 heterocycles. The number of nitrogens with zero attached hydrogens (tertiary/aromatic N) is 1. The van der Waals surface area contributed by atoms with E-state index in [9.17, 15) is 9.59 Å². The molecule has 1 aliphatic rings. The van der Waals surface area contributed by atoms with E-state index in [2.05, 4.69) is 16.9 Å². The smallest absolute Gasteiger partial charge is 0.262 e. The van der Waals surface area contributed by atoms with Crippen molar-refractivity contribution in [2.24, 2.45) is 0 Å². The summed E-state index contributed by atoms with van der Waals surface area (Å²) in [5, 5.41) is 4.22. The standard InChI is InChI=1S/C21H18ClN3O2S2/c1-2-8-25-20(27)14-5-3-12(10-17(14)24-21(25)28)19(26)23-16-7-9-29-18-6-4-13(22)11-15(16)18/h2-6,10-11,16H,1,7-9H2,(H,23,26)(H,24,28). The number of allylic oxidation sites excluding steroid dienone is 1. The highest BCUT2D eigenvalue weighted by molar-refractivity contribution is 7.99. The maximum Gasteiger partial charge on any atom is 0.262 e. The van der Waals surface area contributed by atoms with Gasteiger partial charge in [-0.2, -0.15) is 0 Å². The first-order valence-electron chi connectivity index (χ1n) is 9.09. The van der Waals surface area contributed by atoms with Gasteiger partial charge in [-0.05, 0) is 60.6 Å². The third-order valence-corrected chi connectivity index (χ3v) is 6.55. The second-order valence-electron chi connectivity index (χ2n) is 6.74. The Morgan fingerprint density at radius 2 is 2.21 bits per heavy atom. The molecule has 1 aliphatic heterocycles. The van der Waals surface area contributed by atoms with E-state index >= 15 is 0 Å². The molecule has 2 N–H and O–H groups in total. The summed E-state index contributed by atoms with van der Waals surface area (Å²) in [5.41, 5.74) is 1.83. The molecule has 2 aromatic carbocycles. The number of fused-ring (bicyclic) bond motifs is 2. The highest BCUT2D eigenvalue weighted by Crippen LogP contribution is 2.37. The van der Waals surface area contributed by atoms with Gasteiger partial charge >= 0.3 is 0 Å². The Labute approximate surface area is 181 Å². The summed E-state index contributed by atoms with van der Waals surface area (Å²) in [6, 6.07) is 10.6. The third-order valence-electron chi connectivity index (χ3n) is 4.87. The fourth-order valence-corrected chi connectivity index (χ4v) is 5.00. The lowest BCUT2D eigenvalue weighted by Crippen LogP contribution is -2.30. The van der Waals surface area contributed by atoms with Crippen molar-refractivity contribution in [2.45, 2.75) is 23.9 Å². The molecular formula is C21H18ClN3O2S2. The number of aromatic amines is 1. The second-order valence-corrected chi connectivity index (χ2v) is 8.70. The Morgan fingerprint density at radius 1 is 1.38 bits per heavy atom. The summed E-state index contributed by atoms with van der Waals surface area (Å²) in [4.78, 5) is 29.7. The van der Waals surface area contributed by atoms with E-state index in [0.717, 1.165) is 22.6 Å². The minimum atomic E-state index is -0.205. The second kappa shape index (κ2) is 8.18. The molecule has 0 aliphatic carbocycles. The van der Waals surface area contributed by atoms with Crippen molar-refractivity contribution in [3.05, 3.63) is 80.3 Å². The molecule has 3 aromatic rings. The van der Waals surface area contributed by atoms with E-state index in [1.807, 2.05) is 18.2 Å². The van der Waals surface area contributed by atoms with Gasteiger partial charge in [-0.25, -0.2) is 0 Å². The molecule has 1 amide bonds. The van der Waals surface area contributed by atoms with Crippen molar-refractivity contribution >= 4 is 52.4 Å². The normalized spacial score (nSPS) is 15.7. The van der Waals surface area contributed by atoms with E-state index < -0.39 is 0 Å². The van der Waals surface area contributed by atoms with Crippen molar-refractivity contribution in [1.29, 1.82) is 0 Å². The van der Waals surface area contributed by atoms with Gasteiger partial charge in [0.25, 0.3) is 11.5 Å². The Morgan fingerprint density at radius 3 is 3.00 bits per heavy atom. The molecule has 0 saturated carbocycles. The Hall–Kier alpha value is -2.35. The van der Waals surface area contributed by atoms with Crippen LogP contribution in [0.1, 0.15) is 28.4 Å². The molecule has 0 saturated heterocycles. The summed E-state index contributed by atoms with van der Waals surface area (Å²) in [6.45, 7) is 3.98. The summed E-state index contributed by atoms with van der Waals surface area (Å²) in [6.07, 6.45) is 2.44. The van der Waals surface area contributed by atoms with E-state index in [1.165, 1.54) is 4.57 Å². The van der Waals surface area contributed by atoms with Gasteiger partial charge in [0.2, 0.25) is 0 Å². The van der Waals surface area contributed by atoms with Crippen molar-refractivity contribution < 1.29 is 4.79 Å². The first-order valence-corrected chi connectivity index (χ1v) is 10.9. The van der Waals surface area contributed by atoms with Crippen LogP contribution >= 0.6 is 35.6 Å². The number of halogens is 1. The van der Waals surface area contributed by atoms with Gasteiger partial charge in [-0.15, -0.1) is 18.3 Å². The van der Waals surface area contributed by atoms with Gasteiger partial charge in [0, 0.05) is 27.8 Å². The molecule has 0 fully saturated rings. The van der Waals surface area contributed by atoms with Gasteiger partial charge in [0.15, 0.2) is 4.77 Å². The van der Waals surface area contributed by atoms with E-state index in [0.29, 0.717) is 32.8 Å². The van der Waals surface area contributed by atoms with Gasteiger partial charge in [-0.1, -0.05) is 17.7 Å². The Kier molecular flexibility index (Phi) is 5.63. The number of carbonyl (C=O) groups is 1. The number of hydrogen-bond donors (Lipinski definition) is 2. The average molecular weight is 444 g/mol. The number of carbonyl (C=O) groups excluding carboxylic acids is 1. The van der Waals surface area contributed by atoms with Crippen molar-refractivity contribution in [1.82, 2.24) is 14.9 Å². The van der Waals surface area contributed by atoms with Crippen LogP contribution in [-0.2, 0) is 6.54 Å². The zero-order chi connectivity index (χ0) is 20.5. The lowest BCUT2D eigenvalue weighted by molar-refractivity contribution is 0.0935. The van der Waals surface area contributed by atoms with Crippen LogP contribution < -0.4 is 10.9 Å². The molecule has 148 valence electrons. The summed E-state index contributed by atoms with van der Waals surface area (Å²) in [5.74, 6) is 0.720. The lowest BCUT2D eigenvalue weighted by Gasteiger charge is -2.26. The van der Waals surface area contributed by atoms with Gasteiger partial charge < -0.3 is 10.3 Å². The van der Waals surface area contributed by atoms with Crippen LogP contribution in [0.15, 0.2) is 58.7 Å². The third kappa shape index (κ3) is 3.90. The molecule has 1 atom stereocenters. The minimum Gasteiger partial charge on any atom is -0.345 e. The molecule has 1 aromatic heterocycles. The molecule has 4 rings (SSSR count). The quantitative estimate of drug-likeness (QED) is 0.446. The number of rotatable bonds is 4. The molecule has 0 radical (unpaired) electrons. The number of benzene rings is 2. The van der Waals surface area contributed by atoms with Crippen molar-refractivity contribution in [3.8, 4) is 0 Å². The zero-order valence-corrected chi connectivity index (χ0v) is 17.8. The first kappa shape index (κ1) is 19.9. The van der Waals surface area contributed by atoms with Crippen LogP contribution in [0.2, 0.25) is 5.02 Å². The monoisotopic (exact) mass is 443 g/mol. The molecular weight excluding hydrogens is 426 g/mol. The number of aromatic nitrogens is 2. The van der Waals surface area contributed by atoms with Crippen LogP contribution in [0.25, 0.3) is 10.9 Å². The summed E-state index contributed by atoms with van der Waals surface area (Å²) >= 11 is 13.2. The van der Waals surface area contributed by atoms with E-state index in [-0.39, 0.29) is 17.5 Å². The number of nitrogens with one attached hydrogen (secondary N) is 2. The van der Waals surface area contributed by atoms with Gasteiger partial charge in [-0.3, -0.25) is 14.2 Å². The van der Waals surface area contributed by atoms with Gasteiger partial charge in [0.05, 0.1) is 16.9 Å². The molecule has 29 heavy (non-hydrogen) atoms. The predicted octanol–water partition coefficient (Wildman–Crippen LogP) is 4.87. The fraction of sp³-hybridized carbons (Fsp3) is 0.190. The molecule has 5 nitrogen and oxygen atoms in total. The maximum atomic E-state index is 12.9. The lowest BCUT2D eigenvalue weighted by atomic mass is 10.0. The number of hydrogen-bond acceptors (Lipinski definition) is 4.